The van der Waals surface area contributed by atoms with Crippen molar-refractivity contribution < 1.29 is 19.0 Å². The maximum absolute atomic E-state index is 12.7. The standard InChI is InChI=1S/C21H20N2O4S/c1-25-18-9-14(10-19(26-2)20(18)27-3)17(24)7-5-13-11-23-16-6-4-12(21(22)28)8-15(13)16/h4-11,23H,1-3H3,(H2,22,28)/b7-5+. The molecule has 3 rings (SSSR count). The number of nitrogens with two attached hydrogens (primary N) is 1. The Morgan fingerprint density at radius 1 is 1.04 bits per heavy atom. The molecule has 1 aromatic heterocycles. The van der Waals surface area contributed by atoms with E-state index in [4.69, 9.17) is 32.2 Å². The Balaban J connectivity index is 1.95. The van der Waals surface area contributed by atoms with E-state index in [2.05, 4.69) is 4.98 Å². The average molecular weight is 396 g/mol. The molecular weight excluding hydrogens is 376 g/mol. The molecule has 7 heteroatoms. The number of aromatic amines is 1. The topological polar surface area (TPSA) is 86.6 Å². The summed E-state index contributed by atoms with van der Waals surface area (Å²) in [5.74, 6) is 1.09. The minimum absolute atomic E-state index is 0.195. The van der Waals surface area contributed by atoms with Gasteiger partial charge in [-0.25, -0.2) is 0 Å². The quantitative estimate of drug-likeness (QED) is 0.360. The number of carbonyl (C=O) groups excluding carboxylic acids is 1. The van der Waals surface area contributed by atoms with Gasteiger partial charge in [0.15, 0.2) is 17.3 Å². The molecule has 0 fully saturated rings. The number of ketones is 1. The Morgan fingerprint density at radius 3 is 2.29 bits per heavy atom. The zero-order chi connectivity index (χ0) is 20.3. The van der Waals surface area contributed by atoms with E-state index in [1.54, 1.807) is 18.2 Å². The van der Waals surface area contributed by atoms with Gasteiger partial charge >= 0.3 is 0 Å². The molecular formula is C21H20N2O4S. The van der Waals surface area contributed by atoms with Crippen LogP contribution in [-0.2, 0) is 0 Å². The number of allylic oxidation sites excluding steroid dienone is 1. The van der Waals surface area contributed by atoms with Crippen LogP contribution in [0.4, 0.5) is 0 Å². The summed E-state index contributed by atoms with van der Waals surface area (Å²) in [6.07, 6.45) is 5.07. The minimum atomic E-state index is -0.195. The molecule has 0 aliphatic carbocycles. The highest BCUT2D eigenvalue weighted by Crippen LogP contribution is 2.38. The number of rotatable bonds is 7. The first-order valence-electron chi connectivity index (χ1n) is 8.41. The van der Waals surface area contributed by atoms with Gasteiger partial charge in [0.25, 0.3) is 0 Å². The van der Waals surface area contributed by atoms with E-state index in [-0.39, 0.29) is 5.78 Å². The molecule has 3 aromatic rings. The van der Waals surface area contributed by atoms with Crippen molar-refractivity contribution in [1.82, 2.24) is 4.98 Å². The SMILES string of the molecule is COc1cc(C(=O)/C=C/c2c[nH]c3ccc(C(N)=S)cc23)cc(OC)c1OC. The van der Waals surface area contributed by atoms with Gasteiger partial charge in [0.2, 0.25) is 5.75 Å². The predicted octanol–water partition coefficient (Wildman–Crippen LogP) is 3.72. The number of methoxy groups -OCH3 is 3. The van der Waals surface area contributed by atoms with Gasteiger partial charge in [-0.05, 0) is 48.0 Å². The number of benzene rings is 2. The van der Waals surface area contributed by atoms with E-state index in [1.807, 2.05) is 24.4 Å². The molecule has 0 spiro atoms. The molecule has 0 aliphatic rings. The molecule has 0 amide bonds. The number of H-pyrrole nitrogens is 1. The first-order valence-corrected chi connectivity index (χ1v) is 8.82. The number of hydrogen-bond acceptors (Lipinski definition) is 5. The molecule has 0 unspecified atom stereocenters. The third-order valence-corrected chi connectivity index (χ3v) is 4.60. The van der Waals surface area contributed by atoms with Crippen LogP contribution in [0.2, 0.25) is 0 Å². The molecule has 0 saturated carbocycles. The van der Waals surface area contributed by atoms with Crippen molar-refractivity contribution in [2.75, 3.05) is 21.3 Å². The molecule has 2 aromatic carbocycles. The highest BCUT2D eigenvalue weighted by atomic mass is 32.1. The second kappa shape index (κ2) is 8.14. The Bertz CT molecular complexity index is 1060. The second-order valence-electron chi connectivity index (χ2n) is 5.98. The molecule has 3 N–H and O–H groups in total. The molecule has 1 heterocycles. The predicted molar refractivity (Wildman–Crippen MR) is 114 cm³/mol. The fourth-order valence-corrected chi connectivity index (χ4v) is 3.05. The number of fused-ring (bicyclic) bond motifs is 1. The fourth-order valence-electron chi connectivity index (χ4n) is 2.92. The van der Waals surface area contributed by atoms with Gasteiger partial charge in [0.05, 0.1) is 21.3 Å². The highest BCUT2D eigenvalue weighted by Gasteiger charge is 2.16. The van der Waals surface area contributed by atoms with Gasteiger partial charge in [-0.15, -0.1) is 0 Å². The largest absolute Gasteiger partial charge is 0.493 e. The zero-order valence-electron chi connectivity index (χ0n) is 15.7. The summed E-state index contributed by atoms with van der Waals surface area (Å²) in [6.45, 7) is 0. The lowest BCUT2D eigenvalue weighted by molar-refractivity contribution is 0.104. The molecule has 28 heavy (non-hydrogen) atoms. The summed E-state index contributed by atoms with van der Waals surface area (Å²) in [6, 6.07) is 8.90. The lowest BCUT2D eigenvalue weighted by Gasteiger charge is -2.13. The summed E-state index contributed by atoms with van der Waals surface area (Å²) in [5.41, 5.74) is 8.70. The van der Waals surface area contributed by atoms with Gasteiger partial charge in [0, 0.05) is 28.2 Å². The van der Waals surface area contributed by atoms with Crippen LogP contribution in [-0.4, -0.2) is 37.1 Å². The van der Waals surface area contributed by atoms with Crippen molar-refractivity contribution in [2.24, 2.45) is 5.73 Å². The van der Waals surface area contributed by atoms with Gasteiger partial charge in [0.1, 0.15) is 4.99 Å². The third-order valence-electron chi connectivity index (χ3n) is 4.36. The van der Waals surface area contributed by atoms with E-state index < -0.39 is 0 Å². The van der Waals surface area contributed by atoms with Crippen molar-refractivity contribution in [2.45, 2.75) is 0 Å². The third kappa shape index (κ3) is 3.70. The van der Waals surface area contributed by atoms with E-state index in [1.165, 1.54) is 27.4 Å². The van der Waals surface area contributed by atoms with E-state index in [9.17, 15) is 4.79 Å². The number of thiocarbonyl (C=S) groups is 1. The monoisotopic (exact) mass is 396 g/mol. The Hall–Kier alpha value is -3.32. The molecule has 0 aliphatic heterocycles. The van der Waals surface area contributed by atoms with E-state index >= 15 is 0 Å². The molecule has 0 bridgehead atoms. The second-order valence-corrected chi connectivity index (χ2v) is 6.42. The van der Waals surface area contributed by atoms with Gasteiger partial charge in [-0.3, -0.25) is 4.79 Å². The molecule has 0 atom stereocenters. The summed E-state index contributed by atoms with van der Waals surface area (Å²) >= 11 is 5.04. The Kier molecular flexibility index (Phi) is 5.65. The van der Waals surface area contributed by atoms with Crippen molar-refractivity contribution in [3.8, 4) is 17.2 Å². The zero-order valence-corrected chi connectivity index (χ0v) is 16.6. The van der Waals surface area contributed by atoms with Crippen LogP contribution >= 0.6 is 12.2 Å². The lowest BCUT2D eigenvalue weighted by atomic mass is 10.1. The smallest absolute Gasteiger partial charge is 0.203 e. The summed E-state index contributed by atoms with van der Waals surface area (Å²) in [5, 5.41) is 0.930. The van der Waals surface area contributed by atoms with Crippen molar-refractivity contribution in [3.05, 3.63) is 59.3 Å². The molecule has 6 nitrogen and oxygen atoms in total. The maximum atomic E-state index is 12.7. The average Bonchev–Trinajstić information content (AvgIpc) is 3.12. The first-order chi connectivity index (χ1) is 13.5. The van der Waals surface area contributed by atoms with Gasteiger partial charge in [-0.1, -0.05) is 12.2 Å². The minimum Gasteiger partial charge on any atom is -0.493 e. The highest BCUT2D eigenvalue weighted by molar-refractivity contribution is 7.80. The van der Waals surface area contributed by atoms with Crippen LogP contribution in [0.5, 0.6) is 17.2 Å². The van der Waals surface area contributed by atoms with Crippen LogP contribution in [0, 0.1) is 0 Å². The number of hydrogen-bond donors (Lipinski definition) is 2. The molecule has 144 valence electrons. The summed E-state index contributed by atoms with van der Waals surface area (Å²) < 4.78 is 15.9. The lowest BCUT2D eigenvalue weighted by Crippen LogP contribution is -2.08. The Labute approximate surface area is 167 Å². The number of ether oxygens (including phenoxy) is 3. The van der Waals surface area contributed by atoms with Crippen molar-refractivity contribution in [1.29, 1.82) is 0 Å². The van der Waals surface area contributed by atoms with Crippen LogP contribution < -0.4 is 19.9 Å². The number of carbonyl (C=O) groups is 1. The number of aromatic nitrogens is 1. The maximum Gasteiger partial charge on any atom is 0.203 e. The van der Waals surface area contributed by atoms with E-state index in [0.29, 0.717) is 27.8 Å². The van der Waals surface area contributed by atoms with Crippen molar-refractivity contribution >= 4 is 40.0 Å². The summed E-state index contributed by atoms with van der Waals surface area (Å²) in [7, 11) is 4.53. The normalized spacial score (nSPS) is 11.0. The molecule has 0 saturated heterocycles. The van der Waals surface area contributed by atoms with Crippen molar-refractivity contribution in [3.63, 3.8) is 0 Å². The first kappa shape index (κ1) is 19.4. The van der Waals surface area contributed by atoms with Gasteiger partial charge in [-0.2, -0.15) is 0 Å². The van der Waals surface area contributed by atoms with E-state index in [0.717, 1.165) is 22.0 Å². The van der Waals surface area contributed by atoms with Crippen LogP contribution in [0.15, 0.2) is 42.6 Å². The van der Waals surface area contributed by atoms with Crippen LogP contribution in [0.3, 0.4) is 0 Å². The van der Waals surface area contributed by atoms with Crippen LogP contribution in [0.25, 0.3) is 17.0 Å². The van der Waals surface area contributed by atoms with Crippen LogP contribution in [0.1, 0.15) is 21.5 Å². The fraction of sp³-hybridized carbons (Fsp3) is 0.143. The van der Waals surface area contributed by atoms with Gasteiger partial charge < -0.3 is 24.9 Å². The molecule has 0 radical (unpaired) electrons. The summed E-state index contributed by atoms with van der Waals surface area (Å²) in [4.78, 5) is 16.2. The Morgan fingerprint density at radius 2 is 1.71 bits per heavy atom. The number of nitrogens with one attached hydrogen (secondary N) is 1.